The van der Waals surface area contributed by atoms with E-state index in [1.807, 2.05) is 47.0 Å². The predicted octanol–water partition coefficient (Wildman–Crippen LogP) is 4.06. The molecule has 178 valence electrons. The maximum absolute atomic E-state index is 13.9. The highest BCUT2D eigenvalue weighted by Gasteiger charge is 2.54. The summed E-state index contributed by atoms with van der Waals surface area (Å²) in [5.41, 5.74) is 8.39. The lowest BCUT2D eigenvalue weighted by molar-refractivity contribution is 0.0685. The lowest BCUT2D eigenvalue weighted by Gasteiger charge is -2.27. The zero-order valence-electron chi connectivity index (χ0n) is 19.1. The quantitative estimate of drug-likeness (QED) is 0.442. The number of nitrogens with zero attached hydrogens (tertiary/aromatic N) is 3. The molecule has 1 aliphatic heterocycles. The summed E-state index contributed by atoms with van der Waals surface area (Å²) in [7, 11) is 1.92. The number of benzene rings is 2. The zero-order chi connectivity index (χ0) is 24.3. The minimum atomic E-state index is -0.384. The number of piperidine rings is 1. The van der Waals surface area contributed by atoms with Gasteiger partial charge in [0.15, 0.2) is 5.13 Å². The molecule has 0 bridgehead atoms. The molecule has 2 fully saturated rings. The van der Waals surface area contributed by atoms with Crippen molar-refractivity contribution in [3.8, 4) is 10.4 Å². The maximum atomic E-state index is 13.9. The van der Waals surface area contributed by atoms with Gasteiger partial charge in [-0.05, 0) is 42.5 Å². The number of nitrogen functional groups attached to an aromatic ring is 1. The first-order chi connectivity index (χ1) is 16.9. The van der Waals surface area contributed by atoms with E-state index in [4.69, 9.17) is 5.73 Å². The number of anilines is 1. The van der Waals surface area contributed by atoms with E-state index in [-0.39, 0.29) is 40.5 Å². The molecule has 9 heteroatoms. The molecule has 0 spiro atoms. The maximum Gasteiger partial charge on any atom is 0.274 e. The second-order valence-corrected chi connectivity index (χ2v) is 10.3. The van der Waals surface area contributed by atoms with Crippen LogP contribution in [-0.4, -0.2) is 44.9 Å². The van der Waals surface area contributed by atoms with E-state index in [9.17, 15) is 14.0 Å². The van der Waals surface area contributed by atoms with Crippen molar-refractivity contribution in [1.82, 2.24) is 19.8 Å². The number of carbonyl (C=O) groups excluding carboxylic acids is 2. The van der Waals surface area contributed by atoms with Gasteiger partial charge in [0.25, 0.3) is 11.8 Å². The lowest BCUT2D eigenvalue weighted by Crippen LogP contribution is -2.45. The molecule has 1 aliphatic carbocycles. The minimum absolute atomic E-state index is 0.131. The predicted molar refractivity (Wildman–Crippen MR) is 134 cm³/mol. The molecule has 2 aromatic heterocycles. The summed E-state index contributed by atoms with van der Waals surface area (Å²) in [6, 6.07) is 13.9. The van der Waals surface area contributed by atoms with Crippen LogP contribution in [0.2, 0.25) is 0 Å². The van der Waals surface area contributed by atoms with Crippen LogP contribution in [0.3, 0.4) is 0 Å². The zero-order valence-corrected chi connectivity index (χ0v) is 19.9. The molecule has 7 nitrogen and oxygen atoms in total. The van der Waals surface area contributed by atoms with E-state index in [0.29, 0.717) is 28.5 Å². The first-order valence-corrected chi connectivity index (χ1v) is 12.4. The Hall–Kier alpha value is -3.72. The van der Waals surface area contributed by atoms with Gasteiger partial charge >= 0.3 is 0 Å². The molecule has 3 N–H and O–H groups in total. The van der Waals surface area contributed by atoms with Gasteiger partial charge in [0.05, 0.1) is 16.5 Å². The van der Waals surface area contributed by atoms with E-state index in [0.717, 1.165) is 23.7 Å². The third-order valence-corrected chi connectivity index (χ3v) is 7.95. The van der Waals surface area contributed by atoms with Gasteiger partial charge in [0, 0.05) is 36.7 Å². The Balaban J connectivity index is 1.23. The van der Waals surface area contributed by atoms with E-state index in [1.54, 1.807) is 12.1 Å². The topological polar surface area (TPSA) is 93.2 Å². The van der Waals surface area contributed by atoms with Crippen molar-refractivity contribution >= 4 is 39.2 Å². The van der Waals surface area contributed by atoms with Crippen molar-refractivity contribution in [3.63, 3.8) is 0 Å². The molecule has 1 saturated carbocycles. The third kappa shape index (κ3) is 3.76. The number of thiazole rings is 1. The molecule has 2 aliphatic rings. The normalized spacial score (nSPS) is 20.7. The number of halogens is 1. The van der Waals surface area contributed by atoms with Crippen LogP contribution in [0.25, 0.3) is 21.3 Å². The van der Waals surface area contributed by atoms with Gasteiger partial charge in [-0.1, -0.05) is 41.7 Å². The Morgan fingerprint density at radius 1 is 1.20 bits per heavy atom. The van der Waals surface area contributed by atoms with Crippen molar-refractivity contribution in [2.45, 2.75) is 24.9 Å². The number of fused-ring (bicyclic) bond motifs is 2. The highest BCUT2D eigenvalue weighted by Crippen LogP contribution is 2.49. The van der Waals surface area contributed by atoms with Crippen molar-refractivity contribution in [2.24, 2.45) is 13.0 Å². The SMILES string of the molecule is Cn1cc(C(=O)NC[C@@H]2C[C@@H]3C[C@@H]3N2C(=O)c2nc(N)sc2-c2cccc(F)c2)c2ccccc21. The van der Waals surface area contributed by atoms with Crippen molar-refractivity contribution in [2.75, 3.05) is 12.3 Å². The van der Waals surface area contributed by atoms with Crippen LogP contribution in [0, 0.1) is 11.7 Å². The van der Waals surface area contributed by atoms with Gasteiger partial charge in [0.1, 0.15) is 11.5 Å². The largest absolute Gasteiger partial charge is 0.375 e. The molecule has 2 aromatic carbocycles. The molecule has 0 unspecified atom stereocenters. The molecular formula is C26H24FN5O2S. The first-order valence-electron chi connectivity index (χ1n) is 11.6. The highest BCUT2D eigenvalue weighted by molar-refractivity contribution is 7.19. The van der Waals surface area contributed by atoms with Crippen molar-refractivity contribution < 1.29 is 14.0 Å². The summed E-state index contributed by atoms with van der Waals surface area (Å²) in [5.74, 6) is -0.322. The molecule has 0 radical (unpaired) electrons. The van der Waals surface area contributed by atoms with Gasteiger partial charge in [-0.25, -0.2) is 9.37 Å². The van der Waals surface area contributed by atoms with Crippen LogP contribution >= 0.6 is 11.3 Å². The summed E-state index contributed by atoms with van der Waals surface area (Å²) in [6.45, 7) is 0.357. The van der Waals surface area contributed by atoms with Gasteiger partial charge in [0.2, 0.25) is 0 Å². The number of nitrogens with one attached hydrogen (secondary N) is 1. The van der Waals surface area contributed by atoms with E-state index in [1.165, 1.54) is 23.5 Å². The van der Waals surface area contributed by atoms with Crippen LogP contribution in [0.1, 0.15) is 33.7 Å². The lowest BCUT2D eigenvalue weighted by atomic mass is 10.1. The highest BCUT2D eigenvalue weighted by atomic mass is 32.1. The Morgan fingerprint density at radius 2 is 2.03 bits per heavy atom. The summed E-state index contributed by atoms with van der Waals surface area (Å²) in [5, 5.41) is 4.20. The Kier molecular flexibility index (Phi) is 5.10. The fraction of sp³-hybridized carbons (Fsp3) is 0.269. The Bertz CT molecular complexity index is 1480. The monoisotopic (exact) mass is 489 g/mol. The number of carbonyl (C=O) groups is 2. The van der Waals surface area contributed by atoms with E-state index in [2.05, 4.69) is 10.3 Å². The van der Waals surface area contributed by atoms with Crippen molar-refractivity contribution in [1.29, 1.82) is 0 Å². The fourth-order valence-electron chi connectivity index (χ4n) is 5.32. The molecule has 6 rings (SSSR count). The molecule has 3 atom stereocenters. The van der Waals surface area contributed by atoms with Crippen LogP contribution in [0.4, 0.5) is 9.52 Å². The van der Waals surface area contributed by atoms with E-state index < -0.39 is 0 Å². The van der Waals surface area contributed by atoms with Gasteiger partial charge < -0.3 is 20.5 Å². The van der Waals surface area contributed by atoms with Gasteiger partial charge in [-0.15, -0.1) is 0 Å². The van der Waals surface area contributed by atoms with E-state index >= 15 is 0 Å². The van der Waals surface area contributed by atoms with Gasteiger partial charge in [-0.3, -0.25) is 9.59 Å². The number of rotatable bonds is 5. The summed E-state index contributed by atoms with van der Waals surface area (Å²) >= 11 is 1.18. The number of aryl methyl sites for hydroxylation is 1. The molecule has 2 amide bonds. The molecule has 1 saturated heterocycles. The minimum Gasteiger partial charge on any atom is -0.375 e. The Morgan fingerprint density at radius 3 is 2.86 bits per heavy atom. The number of likely N-dealkylation sites (tertiary alicyclic amines) is 1. The van der Waals surface area contributed by atoms with Crippen LogP contribution in [-0.2, 0) is 7.05 Å². The summed E-state index contributed by atoms with van der Waals surface area (Å²) in [6.07, 6.45) is 3.62. The number of hydrogen-bond donors (Lipinski definition) is 2. The Labute approximate surface area is 205 Å². The number of aromatic nitrogens is 2. The second kappa shape index (κ2) is 8.20. The van der Waals surface area contributed by atoms with Crippen LogP contribution in [0.5, 0.6) is 0 Å². The average Bonchev–Trinajstić information content (AvgIpc) is 3.18. The number of amides is 2. The number of nitrogens with two attached hydrogens (primary N) is 1. The molecule has 4 aromatic rings. The third-order valence-electron chi connectivity index (χ3n) is 7.02. The van der Waals surface area contributed by atoms with Gasteiger partial charge in [-0.2, -0.15) is 0 Å². The second-order valence-electron chi connectivity index (χ2n) is 9.29. The molecule has 3 heterocycles. The van der Waals surface area contributed by atoms with Crippen LogP contribution < -0.4 is 11.1 Å². The van der Waals surface area contributed by atoms with Crippen LogP contribution in [0.15, 0.2) is 54.7 Å². The summed E-state index contributed by atoms with van der Waals surface area (Å²) in [4.78, 5) is 33.5. The average molecular weight is 490 g/mol. The van der Waals surface area contributed by atoms with Crippen molar-refractivity contribution in [3.05, 3.63) is 71.8 Å². The molecule has 35 heavy (non-hydrogen) atoms. The number of hydrogen-bond acceptors (Lipinski definition) is 5. The smallest absolute Gasteiger partial charge is 0.274 e. The molecular weight excluding hydrogens is 465 g/mol. The number of para-hydroxylation sites is 1. The standard InChI is InChI=1S/C26H24FN5O2S/c1-31-13-19(18-7-2-3-8-20(18)31)24(33)29-12-17-10-15-11-21(15)32(17)25(34)22-23(35-26(28)30-22)14-5-4-6-16(27)9-14/h2-9,13,15,17,21H,10-12H2,1H3,(H2,28,30)(H,29,33)/t15-,17+,21+/m1/s1. The fourth-order valence-corrected chi connectivity index (χ4v) is 6.14. The first kappa shape index (κ1) is 21.8. The summed E-state index contributed by atoms with van der Waals surface area (Å²) < 4.78 is 15.8.